The fourth-order valence-electron chi connectivity index (χ4n) is 2.03. The molecule has 1 aliphatic heterocycles. The summed E-state index contributed by atoms with van der Waals surface area (Å²) in [6.45, 7) is 9.54. The van der Waals surface area contributed by atoms with Crippen LogP contribution in [0, 0.1) is 5.41 Å². The third-order valence-electron chi connectivity index (χ3n) is 3.64. The Bertz CT molecular complexity index is 365. The first kappa shape index (κ1) is 17.8. The van der Waals surface area contributed by atoms with E-state index in [1.807, 2.05) is 13.8 Å². The lowest BCUT2D eigenvalue weighted by Gasteiger charge is -2.28. The van der Waals surface area contributed by atoms with Gasteiger partial charge in [-0.05, 0) is 11.8 Å². The Morgan fingerprint density at radius 1 is 1.30 bits per heavy atom. The van der Waals surface area contributed by atoms with E-state index < -0.39 is 10.0 Å². The molecule has 20 heavy (non-hydrogen) atoms. The molecule has 0 unspecified atom stereocenters. The molecule has 0 aliphatic carbocycles. The predicted octanol–water partition coefficient (Wildman–Crippen LogP) is -0.126. The normalized spacial score (nSPS) is 18.4. The molecule has 120 valence electrons. The van der Waals surface area contributed by atoms with Gasteiger partial charge in [-0.3, -0.25) is 4.90 Å². The topological polar surface area (TPSA) is 70.7 Å². The molecule has 1 heterocycles. The molecule has 0 spiro atoms. The molecule has 1 saturated heterocycles. The minimum absolute atomic E-state index is 0.0852. The molecule has 6 nitrogen and oxygen atoms in total. The van der Waals surface area contributed by atoms with Crippen LogP contribution in [0.3, 0.4) is 0 Å². The number of nitrogens with zero attached hydrogens (tertiary/aromatic N) is 1. The van der Waals surface area contributed by atoms with Crippen molar-refractivity contribution in [2.75, 3.05) is 58.7 Å². The van der Waals surface area contributed by atoms with Crippen LogP contribution in [-0.4, -0.2) is 72.1 Å². The molecule has 0 saturated carbocycles. The van der Waals surface area contributed by atoms with Crippen molar-refractivity contribution < 1.29 is 13.2 Å². The van der Waals surface area contributed by atoms with Crippen LogP contribution >= 0.6 is 0 Å². The molecule has 0 amide bonds. The minimum atomic E-state index is -3.19. The lowest BCUT2D eigenvalue weighted by Crippen LogP contribution is -2.46. The van der Waals surface area contributed by atoms with Crippen molar-refractivity contribution in [3.63, 3.8) is 0 Å². The zero-order valence-corrected chi connectivity index (χ0v) is 13.8. The molecule has 2 N–H and O–H groups in total. The number of ether oxygens (including phenoxy) is 1. The number of rotatable bonds is 9. The van der Waals surface area contributed by atoms with Crippen molar-refractivity contribution in [1.82, 2.24) is 14.9 Å². The minimum Gasteiger partial charge on any atom is -0.385 e. The molecule has 0 aromatic carbocycles. The maximum atomic E-state index is 12.0. The van der Waals surface area contributed by atoms with E-state index in [-0.39, 0.29) is 11.2 Å². The monoisotopic (exact) mass is 307 g/mol. The van der Waals surface area contributed by atoms with Crippen molar-refractivity contribution in [2.45, 2.75) is 20.3 Å². The molecule has 1 aliphatic rings. The Balaban J connectivity index is 2.29. The number of nitrogens with one attached hydrogen (secondary N) is 2. The predicted molar refractivity (Wildman–Crippen MR) is 81.4 cm³/mol. The zero-order chi connectivity index (χ0) is 15.1. The highest BCUT2D eigenvalue weighted by atomic mass is 32.2. The highest BCUT2D eigenvalue weighted by molar-refractivity contribution is 7.89. The van der Waals surface area contributed by atoms with Crippen LogP contribution in [0.4, 0.5) is 0 Å². The molecule has 0 atom stereocenters. The van der Waals surface area contributed by atoms with Gasteiger partial charge in [0.2, 0.25) is 10.0 Å². The fourth-order valence-corrected chi connectivity index (χ4v) is 3.28. The van der Waals surface area contributed by atoms with E-state index >= 15 is 0 Å². The maximum absolute atomic E-state index is 12.0. The van der Waals surface area contributed by atoms with Crippen molar-refractivity contribution in [3.05, 3.63) is 0 Å². The van der Waals surface area contributed by atoms with Crippen LogP contribution in [0.1, 0.15) is 20.3 Å². The van der Waals surface area contributed by atoms with Gasteiger partial charge in [0.15, 0.2) is 0 Å². The smallest absolute Gasteiger partial charge is 0.212 e. The first-order valence-corrected chi connectivity index (χ1v) is 8.89. The van der Waals surface area contributed by atoms with E-state index in [0.29, 0.717) is 19.7 Å². The van der Waals surface area contributed by atoms with Crippen molar-refractivity contribution in [2.24, 2.45) is 5.41 Å². The van der Waals surface area contributed by atoms with Crippen LogP contribution in [0.2, 0.25) is 0 Å². The molecule has 1 fully saturated rings. The average Bonchev–Trinajstić information content (AvgIpc) is 2.43. The number of hydrogen-bond acceptors (Lipinski definition) is 5. The Hall–Kier alpha value is -0.210. The lowest BCUT2D eigenvalue weighted by molar-refractivity contribution is 0.153. The highest BCUT2D eigenvalue weighted by Crippen LogP contribution is 2.19. The second kappa shape index (κ2) is 8.29. The summed E-state index contributed by atoms with van der Waals surface area (Å²) < 4.78 is 31.8. The van der Waals surface area contributed by atoms with Gasteiger partial charge in [-0.25, -0.2) is 13.1 Å². The van der Waals surface area contributed by atoms with Crippen LogP contribution in [0.25, 0.3) is 0 Å². The molecule has 0 aromatic heterocycles. The van der Waals surface area contributed by atoms with Gasteiger partial charge in [0, 0.05) is 53.0 Å². The number of sulfonamides is 1. The molecular formula is C13H29N3O3S. The zero-order valence-electron chi connectivity index (χ0n) is 12.9. The van der Waals surface area contributed by atoms with E-state index in [2.05, 4.69) is 14.9 Å². The molecule has 7 heteroatoms. The number of hydrogen-bond donors (Lipinski definition) is 2. The number of methoxy groups -OCH3 is 1. The summed E-state index contributed by atoms with van der Waals surface area (Å²) in [7, 11) is -1.53. The molecule has 0 radical (unpaired) electrons. The molecule has 0 bridgehead atoms. The largest absolute Gasteiger partial charge is 0.385 e. The quantitative estimate of drug-likeness (QED) is 0.621. The first-order chi connectivity index (χ1) is 9.35. The summed E-state index contributed by atoms with van der Waals surface area (Å²) in [5, 5.41) is 3.26. The highest BCUT2D eigenvalue weighted by Gasteiger charge is 2.21. The second-order valence-corrected chi connectivity index (χ2v) is 8.07. The van der Waals surface area contributed by atoms with E-state index in [0.717, 1.165) is 32.6 Å². The summed E-state index contributed by atoms with van der Waals surface area (Å²) in [5.41, 5.74) is -0.0852. The van der Waals surface area contributed by atoms with E-state index in [1.54, 1.807) is 7.11 Å². The van der Waals surface area contributed by atoms with Crippen LogP contribution in [0.5, 0.6) is 0 Å². The van der Waals surface area contributed by atoms with Gasteiger partial charge in [-0.2, -0.15) is 0 Å². The first-order valence-electron chi connectivity index (χ1n) is 7.24. The Morgan fingerprint density at radius 3 is 2.55 bits per heavy atom. The summed E-state index contributed by atoms with van der Waals surface area (Å²) in [6.07, 6.45) is 0.837. The third-order valence-corrected chi connectivity index (χ3v) is 4.94. The molecule has 1 rings (SSSR count). The molecular weight excluding hydrogens is 278 g/mol. The van der Waals surface area contributed by atoms with Crippen LogP contribution in [0.15, 0.2) is 0 Å². The van der Waals surface area contributed by atoms with Gasteiger partial charge in [-0.15, -0.1) is 0 Å². The van der Waals surface area contributed by atoms with Gasteiger partial charge in [0.25, 0.3) is 0 Å². The van der Waals surface area contributed by atoms with Gasteiger partial charge < -0.3 is 10.1 Å². The summed E-state index contributed by atoms with van der Waals surface area (Å²) in [5.74, 6) is 0.174. The lowest BCUT2D eigenvalue weighted by atomic mass is 9.90. The Morgan fingerprint density at radius 2 is 1.95 bits per heavy atom. The second-order valence-electron chi connectivity index (χ2n) is 6.14. The third kappa shape index (κ3) is 7.54. The summed E-state index contributed by atoms with van der Waals surface area (Å²) in [6, 6.07) is 0. The SMILES string of the molecule is COCCC(C)(C)CNS(=O)(=O)CCN1CCNCC1. The fraction of sp³-hybridized carbons (Fsp3) is 1.00. The summed E-state index contributed by atoms with van der Waals surface area (Å²) >= 11 is 0. The van der Waals surface area contributed by atoms with Crippen molar-refractivity contribution >= 4 is 10.0 Å². The standard InChI is InChI=1S/C13H29N3O3S/c1-13(2,4-10-19-3)12-15-20(17,18)11-9-16-7-5-14-6-8-16/h14-15H,4-12H2,1-3H3. The maximum Gasteiger partial charge on any atom is 0.212 e. The van der Waals surface area contributed by atoms with Gasteiger partial charge in [0.1, 0.15) is 0 Å². The van der Waals surface area contributed by atoms with Crippen molar-refractivity contribution in [3.8, 4) is 0 Å². The summed E-state index contributed by atoms with van der Waals surface area (Å²) in [4.78, 5) is 2.19. The van der Waals surface area contributed by atoms with Gasteiger partial charge >= 0.3 is 0 Å². The van der Waals surface area contributed by atoms with Crippen LogP contribution < -0.4 is 10.0 Å². The van der Waals surface area contributed by atoms with Crippen LogP contribution in [-0.2, 0) is 14.8 Å². The average molecular weight is 307 g/mol. The van der Waals surface area contributed by atoms with E-state index in [9.17, 15) is 8.42 Å². The Labute approximate surface area is 123 Å². The van der Waals surface area contributed by atoms with E-state index in [4.69, 9.17) is 4.74 Å². The number of piperazine rings is 1. The van der Waals surface area contributed by atoms with E-state index in [1.165, 1.54) is 0 Å². The molecule has 0 aromatic rings. The van der Waals surface area contributed by atoms with Gasteiger partial charge in [0.05, 0.1) is 5.75 Å². The Kier molecular flexibility index (Phi) is 7.39. The van der Waals surface area contributed by atoms with Crippen molar-refractivity contribution in [1.29, 1.82) is 0 Å². The van der Waals surface area contributed by atoms with Gasteiger partial charge in [-0.1, -0.05) is 13.8 Å².